The van der Waals surface area contributed by atoms with Crippen molar-refractivity contribution in [2.24, 2.45) is 5.10 Å². The highest BCUT2D eigenvalue weighted by atomic mass is 79.9. The average molecular weight is 577 g/mol. The first-order valence-electron chi connectivity index (χ1n) is 11.8. The van der Waals surface area contributed by atoms with Crippen molar-refractivity contribution in [1.82, 2.24) is 9.99 Å². The lowest BCUT2D eigenvalue weighted by Crippen LogP contribution is -2.27. The SMILES string of the molecule is Cc1nc2ccc(Br)cc2c(-c2ccccc2)c1C1=NN(C(=O)CCC(=O)O)C(c2ccccc2Cl)C1. The Bertz CT molecular complexity index is 1560. The van der Waals surface area contributed by atoms with Crippen molar-refractivity contribution in [3.63, 3.8) is 0 Å². The van der Waals surface area contributed by atoms with Crippen LogP contribution in [0.25, 0.3) is 22.0 Å². The fraction of sp³-hybridized carbons (Fsp3) is 0.172. The van der Waals surface area contributed by atoms with Crippen LogP contribution in [0, 0.1) is 6.92 Å². The molecule has 0 aliphatic carbocycles. The van der Waals surface area contributed by atoms with Gasteiger partial charge in [0.15, 0.2) is 0 Å². The molecule has 1 aliphatic heterocycles. The van der Waals surface area contributed by atoms with Crippen molar-refractivity contribution >= 4 is 56.0 Å². The van der Waals surface area contributed by atoms with E-state index in [0.717, 1.165) is 43.3 Å². The molecule has 1 atom stereocenters. The van der Waals surface area contributed by atoms with Crippen LogP contribution in [0.5, 0.6) is 0 Å². The molecule has 4 aromatic rings. The molecule has 5 rings (SSSR count). The first kappa shape index (κ1) is 25.1. The molecule has 6 nitrogen and oxygen atoms in total. The third-order valence-corrected chi connectivity index (χ3v) is 7.30. The van der Waals surface area contributed by atoms with Crippen LogP contribution < -0.4 is 0 Å². The molecule has 1 amide bonds. The highest BCUT2D eigenvalue weighted by Crippen LogP contribution is 2.41. The van der Waals surface area contributed by atoms with Crippen LogP contribution in [0.4, 0.5) is 0 Å². The number of fused-ring (bicyclic) bond motifs is 1. The fourth-order valence-corrected chi connectivity index (χ4v) is 5.45. The smallest absolute Gasteiger partial charge is 0.303 e. The summed E-state index contributed by atoms with van der Waals surface area (Å²) in [5, 5.41) is 16.8. The zero-order valence-corrected chi connectivity index (χ0v) is 22.3. The third kappa shape index (κ3) is 5.02. The minimum atomic E-state index is -1.03. The number of halogens is 2. The zero-order valence-electron chi connectivity index (χ0n) is 20.0. The molecule has 0 bridgehead atoms. The number of hydrogen-bond donors (Lipinski definition) is 1. The van der Waals surface area contributed by atoms with E-state index in [1.807, 2.05) is 61.5 Å². The number of hydrogen-bond acceptors (Lipinski definition) is 4. The van der Waals surface area contributed by atoms with Crippen molar-refractivity contribution < 1.29 is 14.7 Å². The molecule has 186 valence electrons. The minimum absolute atomic E-state index is 0.152. The summed E-state index contributed by atoms with van der Waals surface area (Å²) in [6.07, 6.45) is 0.000193. The van der Waals surface area contributed by atoms with Crippen LogP contribution in [0.2, 0.25) is 5.02 Å². The summed E-state index contributed by atoms with van der Waals surface area (Å²) in [5.74, 6) is -1.39. The Morgan fingerprint density at radius 3 is 2.49 bits per heavy atom. The topological polar surface area (TPSA) is 82.9 Å². The Balaban J connectivity index is 1.70. The number of hydrazone groups is 1. The van der Waals surface area contributed by atoms with Gasteiger partial charge in [-0.3, -0.25) is 14.6 Å². The second-order valence-corrected chi connectivity index (χ2v) is 10.2. The summed E-state index contributed by atoms with van der Waals surface area (Å²) in [6, 6.07) is 23.0. The highest BCUT2D eigenvalue weighted by molar-refractivity contribution is 9.10. The quantitative estimate of drug-likeness (QED) is 0.264. The number of aryl methyl sites for hydroxylation is 1. The number of rotatable bonds is 6. The van der Waals surface area contributed by atoms with Gasteiger partial charge in [-0.1, -0.05) is 76.1 Å². The Kier molecular flexibility index (Phi) is 7.09. The molecule has 2 heterocycles. The number of pyridine rings is 1. The Labute approximate surface area is 227 Å². The standard InChI is InChI=1S/C29H23BrClN3O3/c1-17-28(29(18-7-3-2-4-8-18)21-15-19(30)11-12-23(21)32-17)24-16-25(20-9-5-6-10-22(20)31)34(33-24)26(35)13-14-27(36)37/h2-12,15,25H,13-14,16H2,1H3,(H,36,37). The summed E-state index contributed by atoms with van der Waals surface area (Å²) >= 11 is 10.1. The van der Waals surface area contributed by atoms with Crippen LogP contribution in [-0.2, 0) is 9.59 Å². The predicted molar refractivity (Wildman–Crippen MR) is 149 cm³/mol. The first-order valence-corrected chi connectivity index (χ1v) is 13.0. The number of carbonyl (C=O) groups is 2. The van der Waals surface area contributed by atoms with Gasteiger partial charge in [-0.25, -0.2) is 5.01 Å². The number of aliphatic carboxylic acids is 1. The van der Waals surface area contributed by atoms with E-state index in [4.69, 9.17) is 26.8 Å². The lowest BCUT2D eigenvalue weighted by atomic mass is 9.89. The molecule has 0 spiro atoms. The zero-order chi connectivity index (χ0) is 26.1. The van der Waals surface area contributed by atoms with Gasteiger partial charge in [0.05, 0.1) is 23.7 Å². The van der Waals surface area contributed by atoms with Crippen LogP contribution in [-0.4, -0.2) is 32.7 Å². The van der Waals surface area contributed by atoms with Gasteiger partial charge in [-0.15, -0.1) is 0 Å². The van der Waals surface area contributed by atoms with E-state index < -0.39 is 12.0 Å². The summed E-state index contributed by atoms with van der Waals surface area (Å²) < 4.78 is 0.932. The van der Waals surface area contributed by atoms with E-state index in [9.17, 15) is 9.59 Å². The second-order valence-electron chi connectivity index (χ2n) is 8.89. The molecule has 1 N–H and O–H groups in total. The molecule has 3 aromatic carbocycles. The van der Waals surface area contributed by atoms with Crippen LogP contribution in [0.3, 0.4) is 0 Å². The van der Waals surface area contributed by atoms with Gasteiger partial charge in [-0.05, 0) is 42.3 Å². The Morgan fingerprint density at radius 1 is 1.03 bits per heavy atom. The Hall–Kier alpha value is -3.55. The summed E-state index contributed by atoms with van der Waals surface area (Å²) in [4.78, 5) is 29.3. The molecule has 0 radical (unpaired) electrons. The van der Waals surface area contributed by atoms with E-state index >= 15 is 0 Å². The monoisotopic (exact) mass is 575 g/mol. The third-order valence-electron chi connectivity index (χ3n) is 6.46. The minimum Gasteiger partial charge on any atom is -0.481 e. The van der Waals surface area contributed by atoms with Gasteiger partial charge < -0.3 is 5.11 Å². The fourth-order valence-electron chi connectivity index (χ4n) is 4.82. The molecule has 0 saturated carbocycles. The highest BCUT2D eigenvalue weighted by Gasteiger charge is 2.36. The number of carboxylic acid groups (broad SMARTS) is 1. The number of aromatic nitrogens is 1. The van der Waals surface area contributed by atoms with Gasteiger partial charge in [0.2, 0.25) is 5.91 Å². The summed E-state index contributed by atoms with van der Waals surface area (Å²) in [6.45, 7) is 1.95. The normalized spacial score (nSPS) is 15.2. The van der Waals surface area contributed by atoms with Crippen molar-refractivity contribution in [3.8, 4) is 11.1 Å². The first-order chi connectivity index (χ1) is 17.8. The molecule has 0 fully saturated rings. The van der Waals surface area contributed by atoms with E-state index in [1.54, 1.807) is 6.07 Å². The van der Waals surface area contributed by atoms with Crippen LogP contribution >= 0.6 is 27.5 Å². The predicted octanol–water partition coefficient (Wildman–Crippen LogP) is 7.17. The molecule has 8 heteroatoms. The molecule has 1 unspecified atom stereocenters. The molecule has 1 aliphatic rings. The number of nitrogens with zero attached hydrogens (tertiary/aromatic N) is 3. The van der Waals surface area contributed by atoms with Crippen molar-refractivity contribution in [2.45, 2.75) is 32.2 Å². The largest absolute Gasteiger partial charge is 0.481 e. The van der Waals surface area contributed by atoms with Gasteiger partial charge in [0.25, 0.3) is 0 Å². The maximum atomic E-state index is 13.2. The molecule has 1 aromatic heterocycles. The van der Waals surface area contributed by atoms with E-state index in [1.165, 1.54) is 5.01 Å². The lowest BCUT2D eigenvalue weighted by molar-refractivity contribution is -0.141. The van der Waals surface area contributed by atoms with Crippen molar-refractivity contribution in [1.29, 1.82) is 0 Å². The van der Waals surface area contributed by atoms with Crippen molar-refractivity contribution in [3.05, 3.63) is 99.1 Å². The van der Waals surface area contributed by atoms with Gasteiger partial charge >= 0.3 is 5.97 Å². The van der Waals surface area contributed by atoms with Crippen LogP contribution in [0.1, 0.15) is 42.1 Å². The van der Waals surface area contributed by atoms with Gasteiger partial charge in [0, 0.05) is 44.5 Å². The maximum absolute atomic E-state index is 13.2. The average Bonchev–Trinajstić information content (AvgIpc) is 3.32. The number of carbonyl (C=O) groups excluding carboxylic acids is 1. The van der Waals surface area contributed by atoms with Crippen LogP contribution in [0.15, 0.2) is 82.4 Å². The van der Waals surface area contributed by atoms with E-state index in [0.29, 0.717) is 17.2 Å². The second kappa shape index (κ2) is 10.4. The molecular formula is C29H23BrClN3O3. The van der Waals surface area contributed by atoms with E-state index in [-0.39, 0.29) is 18.7 Å². The molecular weight excluding hydrogens is 554 g/mol. The van der Waals surface area contributed by atoms with Crippen molar-refractivity contribution in [2.75, 3.05) is 0 Å². The summed E-state index contributed by atoms with van der Waals surface area (Å²) in [7, 11) is 0. The number of carboxylic acids is 1. The molecule has 37 heavy (non-hydrogen) atoms. The molecule has 0 saturated heterocycles. The van der Waals surface area contributed by atoms with Gasteiger partial charge in [0.1, 0.15) is 0 Å². The summed E-state index contributed by atoms with van der Waals surface area (Å²) in [5.41, 5.74) is 5.99. The maximum Gasteiger partial charge on any atom is 0.303 e. The van der Waals surface area contributed by atoms with E-state index in [2.05, 4.69) is 28.1 Å². The Morgan fingerprint density at radius 2 is 1.76 bits per heavy atom. The number of benzene rings is 3. The van der Waals surface area contributed by atoms with Gasteiger partial charge in [-0.2, -0.15) is 5.10 Å². The lowest BCUT2D eigenvalue weighted by Gasteiger charge is -2.22. The number of amides is 1.